The highest BCUT2D eigenvalue weighted by molar-refractivity contribution is 6.04. The van der Waals surface area contributed by atoms with E-state index in [1.807, 2.05) is 18.2 Å². The summed E-state index contributed by atoms with van der Waals surface area (Å²) in [6.07, 6.45) is 2.00. The summed E-state index contributed by atoms with van der Waals surface area (Å²) in [6, 6.07) is 12.7. The number of hydrogen-bond acceptors (Lipinski definition) is 2. The second-order valence-corrected chi connectivity index (χ2v) is 4.66. The maximum Gasteiger partial charge on any atom is 0.255 e. The van der Waals surface area contributed by atoms with Crippen molar-refractivity contribution in [3.05, 3.63) is 59.9 Å². The van der Waals surface area contributed by atoms with E-state index in [1.165, 1.54) is 24.3 Å². The summed E-state index contributed by atoms with van der Waals surface area (Å²) in [4.78, 5) is 12.1. The van der Waals surface area contributed by atoms with Crippen molar-refractivity contribution in [3.8, 4) is 5.75 Å². The first-order valence-corrected chi connectivity index (χ1v) is 6.99. The number of ether oxygens (including phenoxy) is 1. The zero-order valence-electron chi connectivity index (χ0n) is 11.9. The molecule has 0 aliphatic carbocycles. The van der Waals surface area contributed by atoms with E-state index in [-0.39, 0.29) is 11.7 Å². The lowest BCUT2D eigenvalue weighted by Gasteiger charge is -2.12. The first kappa shape index (κ1) is 15.0. The smallest absolute Gasteiger partial charge is 0.255 e. The molecule has 2 aromatic rings. The summed E-state index contributed by atoms with van der Waals surface area (Å²) >= 11 is 0. The lowest BCUT2D eigenvalue weighted by molar-refractivity contribution is 0.102. The topological polar surface area (TPSA) is 38.3 Å². The van der Waals surface area contributed by atoms with Crippen LogP contribution in [-0.4, -0.2) is 12.5 Å². The SMILES string of the molecule is CCCCOc1ccccc1NC(=O)c1ccc(F)cc1. The molecule has 0 heterocycles. The molecule has 0 radical (unpaired) electrons. The molecule has 2 aromatic carbocycles. The number of benzene rings is 2. The highest BCUT2D eigenvalue weighted by Crippen LogP contribution is 2.24. The summed E-state index contributed by atoms with van der Waals surface area (Å²) in [7, 11) is 0. The third-order valence-corrected chi connectivity index (χ3v) is 3.00. The number of para-hydroxylation sites is 2. The monoisotopic (exact) mass is 287 g/mol. The van der Waals surface area contributed by atoms with Gasteiger partial charge in [0, 0.05) is 5.56 Å². The molecule has 0 aliphatic rings. The molecule has 0 spiro atoms. The maximum absolute atomic E-state index is 12.9. The second kappa shape index (κ2) is 7.43. The number of carbonyl (C=O) groups is 1. The van der Waals surface area contributed by atoms with Crippen molar-refractivity contribution in [2.75, 3.05) is 11.9 Å². The van der Waals surface area contributed by atoms with Gasteiger partial charge in [0.15, 0.2) is 0 Å². The van der Waals surface area contributed by atoms with E-state index in [4.69, 9.17) is 4.74 Å². The van der Waals surface area contributed by atoms with Crippen LogP contribution in [0.15, 0.2) is 48.5 Å². The van der Waals surface area contributed by atoms with Gasteiger partial charge >= 0.3 is 0 Å². The first-order chi connectivity index (χ1) is 10.2. The molecule has 0 aromatic heterocycles. The number of amides is 1. The molecule has 0 aliphatic heterocycles. The third kappa shape index (κ3) is 4.31. The minimum absolute atomic E-state index is 0.290. The van der Waals surface area contributed by atoms with E-state index in [0.29, 0.717) is 23.6 Å². The number of unbranched alkanes of at least 4 members (excludes halogenated alkanes) is 1. The van der Waals surface area contributed by atoms with Crippen LogP contribution in [0.25, 0.3) is 0 Å². The van der Waals surface area contributed by atoms with Crippen molar-refractivity contribution in [2.45, 2.75) is 19.8 Å². The number of anilines is 1. The number of hydrogen-bond donors (Lipinski definition) is 1. The fraction of sp³-hybridized carbons (Fsp3) is 0.235. The summed E-state index contributed by atoms with van der Waals surface area (Å²) in [5.41, 5.74) is 1.02. The van der Waals surface area contributed by atoms with Crippen LogP contribution in [0, 0.1) is 5.82 Å². The van der Waals surface area contributed by atoms with E-state index in [2.05, 4.69) is 12.2 Å². The molecule has 0 atom stereocenters. The predicted octanol–water partition coefficient (Wildman–Crippen LogP) is 4.26. The van der Waals surface area contributed by atoms with Gasteiger partial charge in [0.05, 0.1) is 12.3 Å². The molecule has 4 heteroatoms. The molecule has 1 amide bonds. The van der Waals surface area contributed by atoms with Crippen LogP contribution in [0.2, 0.25) is 0 Å². The molecule has 0 saturated heterocycles. The largest absolute Gasteiger partial charge is 0.491 e. The average molecular weight is 287 g/mol. The quantitative estimate of drug-likeness (QED) is 0.806. The first-order valence-electron chi connectivity index (χ1n) is 6.99. The van der Waals surface area contributed by atoms with Crippen LogP contribution in [0.1, 0.15) is 30.1 Å². The predicted molar refractivity (Wildman–Crippen MR) is 81.2 cm³/mol. The molecule has 1 N–H and O–H groups in total. The average Bonchev–Trinajstić information content (AvgIpc) is 2.50. The van der Waals surface area contributed by atoms with Crippen molar-refractivity contribution in [3.63, 3.8) is 0 Å². The highest BCUT2D eigenvalue weighted by Gasteiger charge is 2.09. The van der Waals surface area contributed by atoms with Crippen molar-refractivity contribution < 1.29 is 13.9 Å². The Morgan fingerprint density at radius 3 is 2.57 bits per heavy atom. The van der Waals surface area contributed by atoms with Gasteiger partial charge in [-0.1, -0.05) is 25.5 Å². The number of halogens is 1. The lowest BCUT2D eigenvalue weighted by Crippen LogP contribution is -2.13. The highest BCUT2D eigenvalue weighted by atomic mass is 19.1. The Bertz CT molecular complexity index is 596. The lowest BCUT2D eigenvalue weighted by atomic mass is 10.2. The molecule has 0 unspecified atom stereocenters. The molecule has 2 rings (SSSR count). The van der Waals surface area contributed by atoms with E-state index >= 15 is 0 Å². The Morgan fingerprint density at radius 1 is 1.14 bits per heavy atom. The van der Waals surface area contributed by atoms with Gasteiger partial charge in [-0.25, -0.2) is 4.39 Å². The van der Waals surface area contributed by atoms with Gasteiger partial charge in [-0.15, -0.1) is 0 Å². The van der Waals surface area contributed by atoms with Crippen molar-refractivity contribution in [2.24, 2.45) is 0 Å². The Labute approximate surface area is 123 Å². The summed E-state index contributed by atoms with van der Waals surface area (Å²) < 4.78 is 18.5. The Morgan fingerprint density at radius 2 is 1.86 bits per heavy atom. The molecular formula is C17H18FNO2. The normalized spacial score (nSPS) is 10.2. The molecule has 3 nitrogen and oxygen atoms in total. The molecule has 110 valence electrons. The molecule has 0 bridgehead atoms. The summed E-state index contributed by atoms with van der Waals surface area (Å²) in [6.45, 7) is 2.70. The van der Waals surface area contributed by atoms with E-state index < -0.39 is 0 Å². The van der Waals surface area contributed by atoms with Gasteiger partial charge in [0.1, 0.15) is 11.6 Å². The van der Waals surface area contributed by atoms with Crippen LogP contribution in [-0.2, 0) is 0 Å². The summed E-state index contributed by atoms with van der Waals surface area (Å²) in [5.74, 6) is -0.0159. The van der Waals surface area contributed by atoms with Gasteiger partial charge in [-0.2, -0.15) is 0 Å². The number of nitrogens with one attached hydrogen (secondary N) is 1. The van der Waals surface area contributed by atoms with Gasteiger partial charge in [-0.05, 0) is 42.8 Å². The van der Waals surface area contributed by atoms with Crippen molar-refractivity contribution >= 4 is 11.6 Å². The fourth-order valence-electron chi connectivity index (χ4n) is 1.82. The Balaban J connectivity index is 2.08. The van der Waals surface area contributed by atoms with Gasteiger partial charge in [0.2, 0.25) is 0 Å². The third-order valence-electron chi connectivity index (χ3n) is 3.00. The van der Waals surface area contributed by atoms with Crippen molar-refractivity contribution in [1.82, 2.24) is 0 Å². The molecule has 0 saturated carbocycles. The van der Waals surface area contributed by atoms with E-state index in [1.54, 1.807) is 6.07 Å². The van der Waals surface area contributed by atoms with E-state index in [0.717, 1.165) is 12.8 Å². The standard InChI is InChI=1S/C17H18FNO2/c1-2-3-12-21-16-7-5-4-6-15(16)19-17(20)13-8-10-14(18)11-9-13/h4-11H,2-3,12H2,1H3,(H,19,20). The summed E-state index contributed by atoms with van der Waals surface area (Å²) in [5, 5.41) is 2.79. The number of carbonyl (C=O) groups excluding carboxylic acids is 1. The van der Waals surface area contributed by atoms with Gasteiger partial charge < -0.3 is 10.1 Å². The van der Waals surface area contributed by atoms with Crippen molar-refractivity contribution in [1.29, 1.82) is 0 Å². The van der Waals surface area contributed by atoms with Crippen LogP contribution in [0.5, 0.6) is 5.75 Å². The Kier molecular flexibility index (Phi) is 5.32. The van der Waals surface area contributed by atoms with Crippen LogP contribution >= 0.6 is 0 Å². The number of rotatable bonds is 6. The van der Waals surface area contributed by atoms with Crippen LogP contribution in [0.3, 0.4) is 0 Å². The minimum Gasteiger partial charge on any atom is -0.491 e. The zero-order valence-corrected chi connectivity index (χ0v) is 11.9. The van der Waals surface area contributed by atoms with Crippen LogP contribution < -0.4 is 10.1 Å². The fourth-order valence-corrected chi connectivity index (χ4v) is 1.82. The second-order valence-electron chi connectivity index (χ2n) is 4.66. The van der Waals surface area contributed by atoms with Gasteiger partial charge in [0.25, 0.3) is 5.91 Å². The maximum atomic E-state index is 12.9. The zero-order chi connectivity index (χ0) is 15.1. The van der Waals surface area contributed by atoms with Gasteiger partial charge in [-0.3, -0.25) is 4.79 Å². The van der Waals surface area contributed by atoms with E-state index in [9.17, 15) is 9.18 Å². The Hall–Kier alpha value is -2.36. The molecule has 0 fully saturated rings. The molecular weight excluding hydrogens is 269 g/mol. The van der Waals surface area contributed by atoms with Crippen LogP contribution in [0.4, 0.5) is 10.1 Å². The molecule has 21 heavy (non-hydrogen) atoms. The minimum atomic E-state index is -0.366.